The van der Waals surface area contributed by atoms with Gasteiger partial charge in [0.15, 0.2) is 9.84 Å². The number of sulfone groups is 1. The Kier molecular flexibility index (Phi) is 4.27. The lowest BCUT2D eigenvalue weighted by Gasteiger charge is -2.27. The molecule has 2 heterocycles. The number of aromatic nitrogens is 2. The van der Waals surface area contributed by atoms with E-state index in [-0.39, 0.29) is 23.5 Å². The fraction of sp³-hybridized carbons (Fsp3) is 0.692. The zero-order valence-electron chi connectivity index (χ0n) is 12.7. The third-order valence-corrected chi connectivity index (χ3v) is 5.70. The number of amides is 1. The van der Waals surface area contributed by atoms with Crippen molar-refractivity contribution in [1.29, 1.82) is 0 Å². The van der Waals surface area contributed by atoms with Gasteiger partial charge in [0.05, 0.1) is 22.9 Å². The molecule has 1 amide bonds. The quantitative estimate of drug-likeness (QED) is 0.857. The summed E-state index contributed by atoms with van der Waals surface area (Å²) in [6.45, 7) is 4.22. The average Bonchev–Trinajstić information content (AvgIpc) is 2.90. The van der Waals surface area contributed by atoms with E-state index >= 15 is 0 Å². The number of anilines is 1. The molecular formula is C13H22N4O3S. The van der Waals surface area contributed by atoms with Crippen LogP contribution in [0.5, 0.6) is 0 Å². The molecule has 8 heteroatoms. The van der Waals surface area contributed by atoms with Gasteiger partial charge in [-0.1, -0.05) is 6.92 Å². The summed E-state index contributed by atoms with van der Waals surface area (Å²) in [5, 5.41) is 4.25. The molecule has 0 spiro atoms. The molecule has 0 bridgehead atoms. The Morgan fingerprint density at radius 1 is 1.48 bits per heavy atom. The largest absolute Gasteiger partial charge is 0.395 e. The van der Waals surface area contributed by atoms with Gasteiger partial charge in [-0.2, -0.15) is 5.10 Å². The molecule has 7 nitrogen and oxygen atoms in total. The van der Waals surface area contributed by atoms with Crippen molar-refractivity contribution in [3.63, 3.8) is 0 Å². The van der Waals surface area contributed by atoms with Crippen molar-refractivity contribution in [2.45, 2.75) is 32.7 Å². The lowest BCUT2D eigenvalue weighted by molar-refractivity contribution is 0.0698. The van der Waals surface area contributed by atoms with E-state index in [4.69, 9.17) is 5.73 Å². The first-order valence-electron chi connectivity index (χ1n) is 7.13. The fourth-order valence-electron chi connectivity index (χ4n) is 2.84. The number of nitrogen functional groups attached to an aromatic ring is 1. The molecule has 1 aliphatic rings. The second-order valence-electron chi connectivity index (χ2n) is 5.33. The molecule has 2 rings (SSSR count). The summed E-state index contributed by atoms with van der Waals surface area (Å²) in [6.07, 6.45) is 1.14. The molecule has 0 aromatic carbocycles. The minimum atomic E-state index is -3.03. The predicted molar refractivity (Wildman–Crippen MR) is 80.8 cm³/mol. The number of nitrogens with two attached hydrogens (primary N) is 1. The summed E-state index contributed by atoms with van der Waals surface area (Å²) in [7, 11) is -1.35. The molecule has 2 N–H and O–H groups in total. The smallest absolute Gasteiger partial charge is 0.274 e. The van der Waals surface area contributed by atoms with E-state index in [1.165, 1.54) is 4.68 Å². The molecule has 0 saturated carbocycles. The highest BCUT2D eigenvalue weighted by Crippen LogP contribution is 2.23. The summed E-state index contributed by atoms with van der Waals surface area (Å²) in [4.78, 5) is 14.3. The number of carbonyl (C=O) groups is 1. The molecule has 21 heavy (non-hydrogen) atoms. The second-order valence-corrected chi connectivity index (χ2v) is 7.56. The fourth-order valence-corrected chi connectivity index (χ4v) is 4.57. The Bertz CT molecular complexity index is 651. The minimum Gasteiger partial charge on any atom is -0.395 e. The van der Waals surface area contributed by atoms with Crippen LogP contribution in [-0.2, 0) is 23.3 Å². The average molecular weight is 314 g/mol. The topological polar surface area (TPSA) is 98.3 Å². The van der Waals surface area contributed by atoms with Crippen LogP contribution < -0.4 is 5.73 Å². The number of hydrogen-bond acceptors (Lipinski definition) is 5. The minimum absolute atomic E-state index is 0.0327. The highest BCUT2D eigenvalue weighted by atomic mass is 32.2. The van der Waals surface area contributed by atoms with E-state index in [0.717, 1.165) is 0 Å². The van der Waals surface area contributed by atoms with Crippen LogP contribution in [0.25, 0.3) is 0 Å². The van der Waals surface area contributed by atoms with Crippen LogP contribution in [0.1, 0.15) is 36.5 Å². The first kappa shape index (κ1) is 15.8. The second kappa shape index (κ2) is 5.67. The van der Waals surface area contributed by atoms with Crippen molar-refractivity contribution < 1.29 is 13.2 Å². The zero-order valence-corrected chi connectivity index (χ0v) is 13.5. The van der Waals surface area contributed by atoms with Crippen molar-refractivity contribution in [3.05, 3.63) is 11.4 Å². The first-order valence-corrected chi connectivity index (χ1v) is 8.95. The van der Waals surface area contributed by atoms with Crippen molar-refractivity contribution in [3.8, 4) is 0 Å². The van der Waals surface area contributed by atoms with Gasteiger partial charge in [-0.15, -0.1) is 0 Å². The van der Waals surface area contributed by atoms with Gasteiger partial charge in [-0.25, -0.2) is 8.42 Å². The lowest BCUT2D eigenvalue weighted by Crippen LogP contribution is -2.42. The van der Waals surface area contributed by atoms with Gasteiger partial charge in [-0.3, -0.25) is 9.48 Å². The Labute approximate surface area is 125 Å². The van der Waals surface area contributed by atoms with Gasteiger partial charge in [0.1, 0.15) is 5.69 Å². The number of aryl methyl sites for hydroxylation is 2. The highest BCUT2D eigenvalue weighted by molar-refractivity contribution is 7.91. The number of carbonyl (C=O) groups excluding carboxylic acids is 1. The Morgan fingerprint density at radius 2 is 2.14 bits per heavy atom. The molecule has 1 saturated heterocycles. The molecule has 1 aromatic heterocycles. The summed E-state index contributed by atoms with van der Waals surface area (Å²) >= 11 is 0. The number of nitrogens with zero attached hydrogens (tertiary/aromatic N) is 3. The molecule has 1 fully saturated rings. The van der Waals surface area contributed by atoms with Crippen LogP contribution in [0.4, 0.5) is 5.69 Å². The van der Waals surface area contributed by atoms with E-state index < -0.39 is 9.84 Å². The van der Waals surface area contributed by atoms with E-state index in [2.05, 4.69) is 5.10 Å². The van der Waals surface area contributed by atoms with Crippen LogP contribution in [0, 0.1) is 0 Å². The third-order valence-electron chi connectivity index (χ3n) is 3.95. The molecule has 1 atom stereocenters. The van der Waals surface area contributed by atoms with Gasteiger partial charge >= 0.3 is 0 Å². The van der Waals surface area contributed by atoms with Crippen molar-refractivity contribution in [2.24, 2.45) is 7.05 Å². The van der Waals surface area contributed by atoms with Crippen LogP contribution in [0.3, 0.4) is 0 Å². The van der Waals surface area contributed by atoms with E-state index in [0.29, 0.717) is 36.5 Å². The molecular weight excluding hydrogens is 292 g/mol. The van der Waals surface area contributed by atoms with Gasteiger partial charge in [0.25, 0.3) is 5.91 Å². The summed E-state index contributed by atoms with van der Waals surface area (Å²) < 4.78 is 24.7. The Morgan fingerprint density at radius 3 is 2.57 bits per heavy atom. The van der Waals surface area contributed by atoms with Gasteiger partial charge in [0, 0.05) is 19.6 Å². The molecule has 1 unspecified atom stereocenters. The van der Waals surface area contributed by atoms with Crippen molar-refractivity contribution in [2.75, 3.05) is 23.8 Å². The molecule has 1 aliphatic heterocycles. The Hall–Kier alpha value is -1.57. The standard InChI is InChI=1S/C13H22N4O3S/c1-4-10-11(14)12(16(3)15-10)13(18)17(5-2)9-6-7-21(19,20)8-9/h9H,4-8,14H2,1-3H3. The SMILES string of the molecule is CCc1nn(C)c(C(=O)N(CC)C2CCS(=O)(=O)C2)c1N. The van der Waals surface area contributed by atoms with Crippen molar-refractivity contribution in [1.82, 2.24) is 14.7 Å². The van der Waals surface area contributed by atoms with E-state index in [1.807, 2.05) is 13.8 Å². The van der Waals surface area contributed by atoms with Crippen LogP contribution in [0.2, 0.25) is 0 Å². The highest BCUT2D eigenvalue weighted by Gasteiger charge is 2.35. The normalized spacial score (nSPS) is 20.6. The van der Waals surface area contributed by atoms with Gasteiger partial charge in [-0.05, 0) is 19.8 Å². The van der Waals surface area contributed by atoms with Gasteiger partial charge in [0.2, 0.25) is 0 Å². The van der Waals surface area contributed by atoms with E-state index in [9.17, 15) is 13.2 Å². The maximum atomic E-state index is 12.7. The third kappa shape index (κ3) is 2.90. The molecule has 0 aliphatic carbocycles. The maximum Gasteiger partial charge on any atom is 0.274 e. The monoisotopic (exact) mass is 314 g/mol. The summed E-state index contributed by atoms with van der Waals surface area (Å²) in [5.41, 5.74) is 7.44. The summed E-state index contributed by atoms with van der Waals surface area (Å²) in [6, 6.07) is -0.271. The molecule has 0 radical (unpaired) electrons. The predicted octanol–water partition coefficient (Wildman–Crippen LogP) is 0.214. The lowest BCUT2D eigenvalue weighted by atomic mass is 10.1. The molecule has 118 valence electrons. The van der Waals surface area contributed by atoms with Crippen LogP contribution in [0.15, 0.2) is 0 Å². The van der Waals surface area contributed by atoms with E-state index in [1.54, 1.807) is 11.9 Å². The number of rotatable bonds is 4. The van der Waals surface area contributed by atoms with Gasteiger partial charge < -0.3 is 10.6 Å². The maximum absolute atomic E-state index is 12.7. The van der Waals surface area contributed by atoms with Crippen LogP contribution in [-0.4, -0.2) is 53.1 Å². The zero-order chi connectivity index (χ0) is 15.8. The first-order chi connectivity index (χ1) is 9.80. The Balaban J connectivity index is 2.31. The number of hydrogen-bond donors (Lipinski definition) is 1. The summed E-state index contributed by atoms with van der Waals surface area (Å²) in [5.74, 6) is -0.0696. The molecule has 1 aromatic rings. The van der Waals surface area contributed by atoms with Crippen molar-refractivity contribution >= 4 is 21.4 Å². The van der Waals surface area contributed by atoms with Crippen LogP contribution >= 0.6 is 0 Å².